The third kappa shape index (κ3) is 3.85. The summed E-state index contributed by atoms with van der Waals surface area (Å²) in [5.41, 5.74) is 3.18. The fourth-order valence-corrected chi connectivity index (χ4v) is 2.38. The van der Waals surface area contributed by atoms with Crippen molar-refractivity contribution in [2.75, 3.05) is 17.7 Å². The summed E-state index contributed by atoms with van der Waals surface area (Å²) < 4.78 is 5.37. The van der Waals surface area contributed by atoms with Crippen LogP contribution >= 0.6 is 0 Å². The Morgan fingerprint density at radius 2 is 1.68 bits per heavy atom. The van der Waals surface area contributed by atoms with E-state index in [0.29, 0.717) is 22.9 Å². The van der Waals surface area contributed by atoms with Crippen LogP contribution in [0.25, 0.3) is 0 Å². The normalized spacial score (nSPS) is 9.96. The molecule has 0 radical (unpaired) electrons. The summed E-state index contributed by atoms with van der Waals surface area (Å²) in [4.78, 5) is 8.45. The molecule has 124 valence electrons. The highest BCUT2D eigenvalue weighted by molar-refractivity contribution is 5.69. The lowest BCUT2D eigenvalue weighted by molar-refractivity contribution is 0.416. The van der Waals surface area contributed by atoms with Gasteiger partial charge in [-0.1, -0.05) is 18.2 Å². The zero-order valence-electron chi connectivity index (χ0n) is 13.9. The second-order valence-electron chi connectivity index (χ2n) is 5.40. The van der Waals surface area contributed by atoms with Gasteiger partial charge in [0.2, 0.25) is 0 Å². The van der Waals surface area contributed by atoms with E-state index in [2.05, 4.69) is 26.7 Å². The molecule has 0 atom stereocenters. The number of aromatic nitrogens is 2. The van der Waals surface area contributed by atoms with E-state index in [1.807, 2.05) is 43.3 Å². The minimum absolute atomic E-state index is 0.552. The molecule has 6 heteroatoms. The fraction of sp³-hybridized carbons (Fsp3) is 0.105. The Kier molecular flexibility index (Phi) is 4.77. The number of benzene rings is 2. The maximum absolute atomic E-state index is 9.18. The molecule has 0 saturated heterocycles. The van der Waals surface area contributed by atoms with E-state index in [4.69, 9.17) is 4.74 Å². The maximum Gasteiger partial charge on any atom is 0.142 e. The summed E-state index contributed by atoms with van der Waals surface area (Å²) in [5.74, 6) is 1.94. The summed E-state index contributed by atoms with van der Waals surface area (Å²) in [6.45, 7) is 2.01. The lowest BCUT2D eigenvalue weighted by Crippen LogP contribution is -2.01. The zero-order chi connectivity index (χ0) is 17.6. The Balaban J connectivity index is 1.85. The molecule has 0 fully saturated rings. The van der Waals surface area contributed by atoms with Crippen molar-refractivity contribution in [1.29, 1.82) is 5.26 Å². The fourth-order valence-electron chi connectivity index (χ4n) is 2.38. The zero-order valence-corrected chi connectivity index (χ0v) is 13.9. The number of hydrogen-bond donors (Lipinski definition) is 2. The second-order valence-corrected chi connectivity index (χ2v) is 5.40. The lowest BCUT2D eigenvalue weighted by Gasteiger charge is -2.12. The maximum atomic E-state index is 9.18. The first-order chi connectivity index (χ1) is 12.2. The van der Waals surface area contributed by atoms with E-state index >= 15 is 0 Å². The van der Waals surface area contributed by atoms with Gasteiger partial charge < -0.3 is 15.4 Å². The molecule has 0 amide bonds. The largest absolute Gasteiger partial charge is 0.495 e. The first-order valence-electron chi connectivity index (χ1n) is 7.69. The van der Waals surface area contributed by atoms with Crippen LogP contribution in [0.15, 0.2) is 54.9 Å². The quantitative estimate of drug-likeness (QED) is 0.730. The van der Waals surface area contributed by atoms with Crippen LogP contribution in [0.4, 0.5) is 23.0 Å². The molecule has 0 unspecified atom stereocenters. The average Bonchev–Trinajstić information content (AvgIpc) is 2.63. The predicted octanol–water partition coefficient (Wildman–Crippen LogP) is 4.15. The van der Waals surface area contributed by atoms with Gasteiger partial charge in [0.15, 0.2) is 0 Å². The van der Waals surface area contributed by atoms with Crippen molar-refractivity contribution in [3.05, 3.63) is 66.0 Å². The summed E-state index contributed by atoms with van der Waals surface area (Å²) in [6, 6.07) is 17.1. The molecule has 2 aromatic carbocycles. The molecule has 3 aromatic rings. The Morgan fingerprint density at radius 3 is 2.40 bits per heavy atom. The van der Waals surface area contributed by atoms with Crippen molar-refractivity contribution in [3.8, 4) is 11.8 Å². The minimum Gasteiger partial charge on any atom is -0.495 e. The number of aryl methyl sites for hydroxylation is 1. The third-order valence-electron chi connectivity index (χ3n) is 3.60. The molecule has 1 aromatic heterocycles. The third-order valence-corrected chi connectivity index (χ3v) is 3.60. The molecule has 6 nitrogen and oxygen atoms in total. The number of para-hydroxylation sites is 1. The molecule has 3 rings (SSSR count). The number of nitrogens with zero attached hydrogens (tertiary/aromatic N) is 3. The van der Waals surface area contributed by atoms with Crippen LogP contribution in [0.1, 0.15) is 11.1 Å². The lowest BCUT2D eigenvalue weighted by atomic mass is 10.2. The van der Waals surface area contributed by atoms with E-state index in [0.717, 1.165) is 17.0 Å². The van der Waals surface area contributed by atoms with Gasteiger partial charge in [-0.2, -0.15) is 5.26 Å². The molecule has 0 aliphatic carbocycles. The summed E-state index contributed by atoms with van der Waals surface area (Å²) in [7, 11) is 1.63. The standard InChI is InChI=1S/C19H17N5O/c1-13-7-8-17(25-2)16(9-13)24-19-10-18(21-12-22-19)23-15-6-4-3-5-14(15)11-20/h3-10,12H,1-2H3,(H2,21,22,23,24). The Bertz CT molecular complexity index is 933. The smallest absolute Gasteiger partial charge is 0.142 e. The average molecular weight is 331 g/mol. The highest BCUT2D eigenvalue weighted by Gasteiger charge is 2.07. The van der Waals surface area contributed by atoms with Gasteiger partial charge in [-0.15, -0.1) is 0 Å². The number of hydrogen-bond acceptors (Lipinski definition) is 6. The van der Waals surface area contributed by atoms with Crippen molar-refractivity contribution < 1.29 is 4.74 Å². The van der Waals surface area contributed by atoms with Gasteiger partial charge in [-0.3, -0.25) is 0 Å². The van der Waals surface area contributed by atoms with Crippen LogP contribution in [-0.4, -0.2) is 17.1 Å². The molecule has 0 aliphatic rings. The first-order valence-corrected chi connectivity index (χ1v) is 7.69. The van der Waals surface area contributed by atoms with Crippen molar-refractivity contribution >= 4 is 23.0 Å². The van der Waals surface area contributed by atoms with E-state index in [1.54, 1.807) is 19.2 Å². The first kappa shape index (κ1) is 16.3. The van der Waals surface area contributed by atoms with Crippen molar-refractivity contribution in [2.45, 2.75) is 6.92 Å². The second kappa shape index (κ2) is 7.32. The highest BCUT2D eigenvalue weighted by Crippen LogP contribution is 2.28. The Hall–Kier alpha value is -3.59. The number of anilines is 4. The summed E-state index contributed by atoms with van der Waals surface area (Å²) >= 11 is 0. The monoisotopic (exact) mass is 331 g/mol. The SMILES string of the molecule is COc1ccc(C)cc1Nc1cc(Nc2ccccc2C#N)ncn1. The number of nitriles is 1. The topological polar surface area (TPSA) is 82.9 Å². The number of ether oxygens (including phenoxy) is 1. The van der Waals surface area contributed by atoms with Gasteiger partial charge in [0.1, 0.15) is 29.8 Å². The Morgan fingerprint density at radius 1 is 0.960 bits per heavy atom. The molecule has 0 saturated carbocycles. The van der Waals surface area contributed by atoms with E-state index in [-0.39, 0.29) is 0 Å². The van der Waals surface area contributed by atoms with E-state index in [9.17, 15) is 5.26 Å². The van der Waals surface area contributed by atoms with Gasteiger partial charge in [-0.25, -0.2) is 9.97 Å². The molecule has 25 heavy (non-hydrogen) atoms. The number of rotatable bonds is 5. The molecule has 0 spiro atoms. The summed E-state index contributed by atoms with van der Waals surface area (Å²) in [5, 5.41) is 15.6. The minimum atomic E-state index is 0.552. The van der Waals surface area contributed by atoms with Crippen LogP contribution < -0.4 is 15.4 Å². The van der Waals surface area contributed by atoms with Gasteiger partial charge >= 0.3 is 0 Å². The van der Waals surface area contributed by atoms with Crippen LogP contribution in [-0.2, 0) is 0 Å². The van der Waals surface area contributed by atoms with Gasteiger partial charge in [-0.05, 0) is 36.8 Å². The van der Waals surface area contributed by atoms with E-state index < -0.39 is 0 Å². The van der Waals surface area contributed by atoms with Crippen LogP contribution in [0.5, 0.6) is 5.75 Å². The molecular weight excluding hydrogens is 314 g/mol. The summed E-state index contributed by atoms with van der Waals surface area (Å²) in [6.07, 6.45) is 1.46. The molecule has 0 aliphatic heterocycles. The van der Waals surface area contributed by atoms with Gasteiger partial charge in [0.05, 0.1) is 24.0 Å². The van der Waals surface area contributed by atoms with Crippen LogP contribution in [0.3, 0.4) is 0 Å². The number of methoxy groups -OCH3 is 1. The number of nitrogens with one attached hydrogen (secondary N) is 2. The van der Waals surface area contributed by atoms with Crippen molar-refractivity contribution in [2.24, 2.45) is 0 Å². The van der Waals surface area contributed by atoms with Gasteiger partial charge in [0.25, 0.3) is 0 Å². The van der Waals surface area contributed by atoms with Crippen LogP contribution in [0, 0.1) is 18.3 Å². The van der Waals surface area contributed by atoms with E-state index in [1.165, 1.54) is 6.33 Å². The predicted molar refractivity (Wildman–Crippen MR) is 97.5 cm³/mol. The van der Waals surface area contributed by atoms with Gasteiger partial charge in [0, 0.05) is 6.07 Å². The van der Waals surface area contributed by atoms with Crippen LogP contribution in [0.2, 0.25) is 0 Å². The molecule has 1 heterocycles. The molecule has 0 bridgehead atoms. The molecule has 2 N–H and O–H groups in total. The van der Waals surface area contributed by atoms with Crippen molar-refractivity contribution in [1.82, 2.24) is 9.97 Å². The Labute approximate surface area is 146 Å². The highest BCUT2D eigenvalue weighted by atomic mass is 16.5. The van der Waals surface area contributed by atoms with Crippen molar-refractivity contribution in [3.63, 3.8) is 0 Å². The molecular formula is C19H17N5O.